The second-order valence-corrected chi connectivity index (χ2v) is 3.94. The van der Waals surface area contributed by atoms with Crippen LogP contribution in [-0.2, 0) is 4.74 Å². The molecule has 0 fully saturated rings. The zero-order chi connectivity index (χ0) is 11.6. The average Bonchev–Trinajstić information content (AvgIpc) is 2.30. The minimum atomic E-state index is 0. The molecule has 0 unspecified atom stereocenters. The molecule has 0 amide bonds. The van der Waals surface area contributed by atoms with Crippen LogP contribution in [0.2, 0.25) is 5.02 Å². The van der Waals surface area contributed by atoms with Crippen LogP contribution >= 0.6 is 24.0 Å². The fraction of sp³-hybridized carbons (Fsp3) is 0.385. The Labute approximate surface area is 114 Å². The molecule has 0 aliphatic carbocycles. The van der Waals surface area contributed by atoms with E-state index in [1.807, 2.05) is 24.3 Å². The second kappa shape index (κ2) is 10.6. The lowest BCUT2D eigenvalue weighted by Crippen LogP contribution is -2.16. The van der Waals surface area contributed by atoms with Crippen LogP contribution in [0.4, 0.5) is 0 Å². The molecule has 1 aromatic rings. The van der Waals surface area contributed by atoms with Gasteiger partial charge in [-0.1, -0.05) is 35.9 Å². The summed E-state index contributed by atoms with van der Waals surface area (Å²) >= 11 is 5.80. The van der Waals surface area contributed by atoms with E-state index in [1.165, 1.54) is 5.56 Å². The molecule has 0 heterocycles. The summed E-state index contributed by atoms with van der Waals surface area (Å²) in [6, 6.07) is 7.80. The Bertz CT molecular complexity index is 312. The molecule has 1 rings (SSSR count). The lowest BCUT2D eigenvalue weighted by molar-refractivity contribution is 0.194. The van der Waals surface area contributed by atoms with Gasteiger partial charge in [0.1, 0.15) is 0 Å². The minimum Gasteiger partial charge on any atom is -0.385 e. The normalized spacial score (nSPS) is 10.5. The molecule has 1 aromatic carbocycles. The first kappa shape index (κ1) is 16.5. The van der Waals surface area contributed by atoms with Gasteiger partial charge in [-0.25, -0.2) is 0 Å². The van der Waals surface area contributed by atoms with Crippen molar-refractivity contribution >= 4 is 30.1 Å². The number of halogens is 2. The first-order valence-electron chi connectivity index (χ1n) is 5.44. The highest BCUT2D eigenvalue weighted by Gasteiger charge is 1.87. The van der Waals surface area contributed by atoms with Crippen LogP contribution in [0.5, 0.6) is 0 Å². The van der Waals surface area contributed by atoms with E-state index in [-0.39, 0.29) is 12.4 Å². The first-order valence-corrected chi connectivity index (χ1v) is 5.82. The molecule has 0 saturated heterocycles. The smallest absolute Gasteiger partial charge is 0.0474 e. The van der Waals surface area contributed by atoms with Gasteiger partial charge >= 0.3 is 0 Å². The number of methoxy groups -OCH3 is 1. The second-order valence-electron chi connectivity index (χ2n) is 3.50. The topological polar surface area (TPSA) is 21.3 Å². The fourth-order valence-electron chi connectivity index (χ4n) is 1.30. The highest BCUT2D eigenvalue weighted by Crippen LogP contribution is 2.10. The van der Waals surface area contributed by atoms with Crippen LogP contribution in [0.1, 0.15) is 12.0 Å². The minimum absolute atomic E-state index is 0. The Morgan fingerprint density at radius 1 is 1.29 bits per heavy atom. The molecule has 0 radical (unpaired) electrons. The number of hydrogen-bond acceptors (Lipinski definition) is 2. The molecule has 1 N–H and O–H groups in total. The van der Waals surface area contributed by atoms with E-state index >= 15 is 0 Å². The lowest BCUT2D eigenvalue weighted by atomic mass is 10.2. The van der Waals surface area contributed by atoms with Gasteiger partial charge in [-0.2, -0.15) is 0 Å². The highest BCUT2D eigenvalue weighted by atomic mass is 35.5. The monoisotopic (exact) mass is 275 g/mol. The number of hydrogen-bond donors (Lipinski definition) is 1. The maximum Gasteiger partial charge on any atom is 0.0474 e. The predicted octanol–water partition coefficient (Wildman–Crippen LogP) is 3.40. The van der Waals surface area contributed by atoms with Crippen molar-refractivity contribution in [3.8, 4) is 0 Å². The summed E-state index contributed by atoms with van der Waals surface area (Å²) in [4.78, 5) is 0. The molecular weight excluding hydrogens is 257 g/mol. The zero-order valence-corrected chi connectivity index (χ0v) is 11.6. The standard InChI is InChI=1S/C13H18ClNO.ClH/c1-16-11-3-10-15-9-2-4-12-5-7-13(14)8-6-12;/h2,4-8,15H,3,9-11H2,1H3;1H/b4-2+;. The molecule has 0 aliphatic rings. The summed E-state index contributed by atoms with van der Waals surface area (Å²) in [6.45, 7) is 2.68. The van der Waals surface area contributed by atoms with Gasteiger partial charge in [-0.3, -0.25) is 0 Å². The van der Waals surface area contributed by atoms with Crippen LogP contribution in [-0.4, -0.2) is 26.8 Å². The van der Waals surface area contributed by atoms with Crippen LogP contribution in [0.3, 0.4) is 0 Å². The fourth-order valence-corrected chi connectivity index (χ4v) is 1.42. The maximum atomic E-state index is 5.80. The van der Waals surface area contributed by atoms with Crippen LogP contribution in [0, 0.1) is 0 Å². The summed E-state index contributed by atoms with van der Waals surface area (Å²) < 4.78 is 4.96. The Morgan fingerprint density at radius 2 is 2.00 bits per heavy atom. The van der Waals surface area contributed by atoms with E-state index in [4.69, 9.17) is 16.3 Å². The number of benzene rings is 1. The van der Waals surface area contributed by atoms with Gasteiger partial charge in [0.2, 0.25) is 0 Å². The molecule has 2 nitrogen and oxygen atoms in total. The van der Waals surface area contributed by atoms with Crippen molar-refractivity contribution in [2.45, 2.75) is 6.42 Å². The molecule has 96 valence electrons. The summed E-state index contributed by atoms with van der Waals surface area (Å²) in [7, 11) is 1.72. The van der Waals surface area contributed by atoms with Gasteiger partial charge in [-0.05, 0) is 30.7 Å². The van der Waals surface area contributed by atoms with Gasteiger partial charge in [0.25, 0.3) is 0 Å². The van der Waals surface area contributed by atoms with Crippen LogP contribution < -0.4 is 5.32 Å². The zero-order valence-electron chi connectivity index (χ0n) is 9.99. The molecule has 0 spiro atoms. The molecule has 0 aliphatic heterocycles. The van der Waals surface area contributed by atoms with Crippen molar-refractivity contribution in [3.63, 3.8) is 0 Å². The van der Waals surface area contributed by atoms with Crippen molar-refractivity contribution in [2.24, 2.45) is 0 Å². The van der Waals surface area contributed by atoms with Gasteiger partial charge in [-0.15, -0.1) is 12.4 Å². The van der Waals surface area contributed by atoms with Crippen molar-refractivity contribution in [3.05, 3.63) is 40.9 Å². The molecule has 0 bridgehead atoms. The summed E-state index contributed by atoms with van der Waals surface area (Å²) in [6.07, 6.45) is 5.24. The van der Waals surface area contributed by atoms with E-state index in [0.717, 1.165) is 31.1 Å². The molecule has 0 saturated carbocycles. The van der Waals surface area contributed by atoms with Gasteiger partial charge in [0, 0.05) is 25.3 Å². The number of rotatable bonds is 7. The van der Waals surface area contributed by atoms with Crippen molar-refractivity contribution in [1.29, 1.82) is 0 Å². The van der Waals surface area contributed by atoms with Crippen LogP contribution in [0.25, 0.3) is 6.08 Å². The highest BCUT2D eigenvalue weighted by molar-refractivity contribution is 6.30. The maximum absolute atomic E-state index is 5.80. The SMILES string of the molecule is COCCCNC/C=C/c1ccc(Cl)cc1.Cl. The quantitative estimate of drug-likeness (QED) is 0.771. The average molecular weight is 276 g/mol. The summed E-state index contributed by atoms with van der Waals surface area (Å²) in [5.74, 6) is 0. The predicted molar refractivity (Wildman–Crippen MR) is 77.1 cm³/mol. The number of ether oxygens (including phenoxy) is 1. The molecule has 4 heteroatoms. The Hall–Kier alpha value is -0.540. The summed E-state index contributed by atoms with van der Waals surface area (Å²) in [5, 5.41) is 4.08. The Balaban J connectivity index is 0.00000256. The number of nitrogens with one attached hydrogen (secondary N) is 1. The third-order valence-corrected chi connectivity index (χ3v) is 2.40. The molecule has 0 atom stereocenters. The van der Waals surface area contributed by atoms with Gasteiger partial charge in [0.05, 0.1) is 0 Å². The first-order chi connectivity index (χ1) is 7.83. The molecule has 17 heavy (non-hydrogen) atoms. The third kappa shape index (κ3) is 8.22. The lowest BCUT2D eigenvalue weighted by Gasteiger charge is -2.00. The van der Waals surface area contributed by atoms with Crippen molar-refractivity contribution < 1.29 is 4.74 Å². The third-order valence-electron chi connectivity index (χ3n) is 2.14. The van der Waals surface area contributed by atoms with E-state index in [0.29, 0.717) is 0 Å². The van der Waals surface area contributed by atoms with Gasteiger partial charge in [0.15, 0.2) is 0 Å². The van der Waals surface area contributed by atoms with Crippen LogP contribution in [0.15, 0.2) is 30.3 Å². The Morgan fingerprint density at radius 3 is 2.65 bits per heavy atom. The van der Waals surface area contributed by atoms with E-state index < -0.39 is 0 Å². The molecular formula is C13H19Cl2NO. The van der Waals surface area contributed by atoms with Gasteiger partial charge < -0.3 is 10.1 Å². The Kier molecular flexibility index (Phi) is 10.3. The van der Waals surface area contributed by atoms with E-state index in [9.17, 15) is 0 Å². The van der Waals surface area contributed by atoms with Crippen molar-refractivity contribution in [1.82, 2.24) is 5.32 Å². The van der Waals surface area contributed by atoms with Crippen molar-refractivity contribution in [2.75, 3.05) is 26.8 Å². The van der Waals surface area contributed by atoms with E-state index in [2.05, 4.69) is 17.5 Å². The summed E-state index contributed by atoms with van der Waals surface area (Å²) in [5.41, 5.74) is 1.17. The largest absolute Gasteiger partial charge is 0.385 e. The molecule has 0 aromatic heterocycles. The van der Waals surface area contributed by atoms with E-state index in [1.54, 1.807) is 7.11 Å².